The third kappa shape index (κ3) is 4.95. The normalized spacial score (nSPS) is 17.7. The minimum absolute atomic E-state index is 0.451. The average Bonchev–Trinajstić information content (AvgIpc) is 2.67. The maximum atomic E-state index is 13.8. The third-order valence-electron chi connectivity index (χ3n) is 5.18. The molecule has 1 aliphatic rings. The highest BCUT2D eigenvalue weighted by Crippen LogP contribution is 2.31. The van der Waals surface area contributed by atoms with Gasteiger partial charge >= 0.3 is 0 Å². The van der Waals surface area contributed by atoms with Gasteiger partial charge in [0.2, 0.25) is 0 Å². The first-order chi connectivity index (χ1) is 13.1. The highest BCUT2D eigenvalue weighted by molar-refractivity contribution is 5.42. The predicted octanol–water partition coefficient (Wildman–Crippen LogP) is 4.22. The van der Waals surface area contributed by atoms with E-state index in [1.807, 2.05) is 0 Å². The van der Waals surface area contributed by atoms with Crippen LogP contribution in [0.15, 0.2) is 30.5 Å². The van der Waals surface area contributed by atoms with E-state index in [1.54, 1.807) is 32.5 Å². The summed E-state index contributed by atoms with van der Waals surface area (Å²) in [5.74, 6) is 0.867. The number of likely N-dealkylation sites (tertiary alicyclic amines) is 1. The van der Waals surface area contributed by atoms with Gasteiger partial charge in [0.05, 0.1) is 14.2 Å². The molecular formula is C21H26F2N2O2. The fourth-order valence-corrected chi connectivity index (χ4v) is 3.79. The van der Waals surface area contributed by atoms with Crippen LogP contribution in [0, 0.1) is 17.6 Å². The standard InChI is InChI=1S/C21H26F2N2O2/c1-26-20-9-10-24-19(21(20)27-2)14-25-11-3-4-15(13-25)5-6-16-7-8-17(22)12-18(16)23/h7-10,12,15H,3-6,11,13-14H2,1-2H3. The van der Waals surface area contributed by atoms with Crippen LogP contribution in [0.2, 0.25) is 0 Å². The molecule has 1 aromatic heterocycles. The van der Waals surface area contributed by atoms with Crippen molar-refractivity contribution in [3.8, 4) is 11.5 Å². The third-order valence-corrected chi connectivity index (χ3v) is 5.18. The lowest BCUT2D eigenvalue weighted by Crippen LogP contribution is -2.35. The Hall–Kier alpha value is -2.21. The number of benzene rings is 1. The number of methoxy groups -OCH3 is 2. The predicted molar refractivity (Wildman–Crippen MR) is 100 cm³/mol. The van der Waals surface area contributed by atoms with Gasteiger partial charge in [0.25, 0.3) is 0 Å². The van der Waals surface area contributed by atoms with E-state index in [2.05, 4.69) is 9.88 Å². The van der Waals surface area contributed by atoms with E-state index in [9.17, 15) is 8.78 Å². The summed E-state index contributed by atoms with van der Waals surface area (Å²) in [5, 5.41) is 0. The van der Waals surface area contributed by atoms with Gasteiger partial charge in [0.1, 0.15) is 17.3 Å². The monoisotopic (exact) mass is 376 g/mol. The highest BCUT2D eigenvalue weighted by atomic mass is 19.1. The molecule has 4 nitrogen and oxygen atoms in total. The number of aromatic nitrogens is 1. The van der Waals surface area contributed by atoms with E-state index < -0.39 is 11.6 Å². The maximum absolute atomic E-state index is 13.8. The first kappa shape index (κ1) is 19.5. The van der Waals surface area contributed by atoms with Gasteiger partial charge in [-0.1, -0.05) is 6.07 Å². The van der Waals surface area contributed by atoms with E-state index >= 15 is 0 Å². The summed E-state index contributed by atoms with van der Waals surface area (Å²) in [6, 6.07) is 5.63. The summed E-state index contributed by atoms with van der Waals surface area (Å²) >= 11 is 0. The lowest BCUT2D eigenvalue weighted by Gasteiger charge is -2.33. The molecule has 0 aliphatic carbocycles. The van der Waals surface area contributed by atoms with Gasteiger partial charge in [-0.05, 0) is 49.8 Å². The van der Waals surface area contributed by atoms with Crippen LogP contribution < -0.4 is 9.47 Å². The Balaban J connectivity index is 1.60. The zero-order valence-corrected chi connectivity index (χ0v) is 15.9. The summed E-state index contributed by atoms with van der Waals surface area (Å²) < 4.78 is 37.7. The minimum atomic E-state index is -0.528. The number of hydrogen-bond donors (Lipinski definition) is 0. The van der Waals surface area contributed by atoms with Gasteiger partial charge in [0.15, 0.2) is 11.5 Å². The topological polar surface area (TPSA) is 34.6 Å². The molecule has 1 aliphatic heterocycles. The summed E-state index contributed by atoms with van der Waals surface area (Å²) in [6.45, 7) is 2.64. The molecule has 1 atom stereocenters. The van der Waals surface area contributed by atoms with Gasteiger partial charge < -0.3 is 9.47 Å². The van der Waals surface area contributed by atoms with Gasteiger partial charge in [-0.15, -0.1) is 0 Å². The molecule has 2 heterocycles. The molecule has 1 fully saturated rings. The molecule has 3 rings (SSSR count). The van der Waals surface area contributed by atoms with Crippen LogP contribution in [0.5, 0.6) is 11.5 Å². The van der Waals surface area contributed by atoms with Crippen molar-refractivity contribution < 1.29 is 18.3 Å². The summed E-state index contributed by atoms with van der Waals surface area (Å²) in [7, 11) is 3.24. The van der Waals surface area contributed by atoms with E-state index in [1.165, 1.54) is 6.07 Å². The second-order valence-electron chi connectivity index (χ2n) is 7.01. The lowest BCUT2D eigenvalue weighted by atomic mass is 9.91. The van der Waals surface area contributed by atoms with Crippen molar-refractivity contribution in [3.05, 3.63) is 53.4 Å². The molecule has 0 saturated carbocycles. The van der Waals surface area contributed by atoms with Crippen molar-refractivity contribution in [1.29, 1.82) is 0 Å². The Morgan fingerprint density at radius 1 is 1.19 bits per heavy atom. The molecular weight excluding hydrogens is 350 g/mol. The largest absolute Gasteiger partial charge is 0.493 e. The van der Waals surface area contributed by atoms with Crippen molar-refractivity contribution in [2.75, 3.05) is 27.3 Å². The number of nitrogens with zero attached hydrogens (tertiary/aromatic N) is 2. The van der Waals surface area contributed by atoms with Gasteiger partial charge in [-0.25, -0.2) is 8.78 Å². The molecule has 0 spiro atoms. The highest BCUT2D eigenvalue weighted by Gasteiger charge is 2.22. The zero-order chi connectivity index (χ0) is 19.2. The van der Waals surface area contributed by atoms with E-state index in [0.29, 0.717) is 35.9 Å². The summed E-state index contributed by atoms with van der Waals surface area (Å²) in [6.07, 6.45) is 5.48. The number of aryl methyl sites for hydroxylation is 1. The quantitative estimate of drug-likeness (QED) is 0.725. The molecule has 0 bridgehead atoms. The van der Waals surface area contributed by atoms with Gasteiger partial charge in [0, 0.05) is 31.4 Å². The second kappa shape index (κ2) is 9.13. The number of pyridine rings is 1. The van der Waals surface area contributed by atoms with Crippen LogP contribution in [-0.4, -0.2) is 37.2 Å². The maximum Gasteiger partial charge on any atom is 0.183 e. The molecule has 27 heavy (non-hydrogen) atoms. The summed E-state index contributed by atoms with van der Waals surface area (Å²) in [4.78, 5) is 6.82. The van der Waals surface area contributed by atoms with Crippen molar-refractivity contribution in [3.63, 3.8) is 0 Å². The number of ether oxygens (including phenoxy) is 2. The Morgan fingerprint density at radius 2 is 2.04 bits per heavy atom. The first-order valence-electron chi connectivity index (χ1n) is 9.33. The SMILES string of the molecule is COc1ccnc(CN2CCCC(CCc3ccc(F)cc3F)C2)c1OC. The number of piperidine rings is 1. The molecule has 1 unspecified atom stereocenters. The zero-order valence-electron chi connectivity index (χ0n) is 15.9. The van der Waals surface area contributed by atoms with Gasteiger partial charge in [-0.2, -0.15) is 0 Å². The van der Waals surface area contributed by atoms with Crippen molar-refractivity contribution in [2.24, 2.45) is 5.92 Å². The van der Waals surface area contributed by atoms with Crippen molar-refractivity contribution >= 4 is 0 Å². The lowest BCUT2D eigenvalue weighted by molar-refractivity contribution is 0.158. The Morgan fingerprint density at radius 3 is 2.78 bits per heavy atom. The smallest absolute Gasteiger partial charge is 0.183 e. The van der Waals surface area contributed by atoms with Crippen molar-refractivity contribution in [2.45, 2.75) is 32.2 Å². The van der Waals surface area contributed by atoms with Crippen LogP contribution in [-0.2, 0) is 13.0 Å². The fraction of sp³-hybridized carbons (Fsp3) is 0.476. The molecule has 0 amide bonds. The van der Waals surface area contributed by atoms with Crippen molar-refractivity contribution in [1.82, 2.24) is 9.88 Å². The van der Waals surface area contributed by atoms with E-state index in [-0.39, 0.29) is 0 Å². The van der Waals surface area contributed by atoms with Crippen LogP contribution in [0.25, 0.3) is 0 Å². The number of rotatable bonds is 7. The van der Waals surface area contributed by atoms with Crippen LogP contribution >= 0.6 is 0 Å². The van der Waals surface area contributed by atoms with E-state index in [0.717, 1.165) is 44.1 Å². The minimum Gasteiger partial charge on any atom is -0.493 e. The van der Waals surface area contributed by atoms with Crippen LogP contribution in [0.4, 0.5) is 8.78 Å². The molecule has 6 heteroatoms. The molecule has 2 aromatic rings. The Labute approximate surface area is 159 Å². The summed E-state index contributed by atoms with van der Waals surface area (Å²) in [5.41, 5.74) is 1.45. The fourth-order valence-electron chi connectivity index (χ4n) is 3.79. The second-order valence-corrected chi connectivity index (χ2v) is 7.01. The molecule has 0 N–H and O–H groups in total. The first-order valence-corrected chi connectivity index (χ1v) is 9.33. The molecule has 0 radical (unpaired) electrons. The molecule has 1 aromatic carbocycles. The average molecular weight is 376 g/mol. The van der Waals surface area contributed by atoms with Gasteiger partial charge in [-0.3, -0.25) is 9.88 Å². The number of hydrogen-bond acceptors (Lipinski definition) is 4. The molecule has 146 valence electrons. The van der Waals surface area contributed by atoms with Crippen LogP contribution in [0.1, 0.15) is 30.5 Å². The van der Waals surface area contributed by atoms with E-state index in [4.69, 9.17) is 9.47 Å². The Bertz CT molecular complexity index is 770. The van der Waals surface area contributed by atoms with Crippen LogP contribution in [0.3, 0.4) is 0 Å². The Kier molecular flexibility index (Phi) is 6.61. The number of halogens is 2. The molecule has 1 saturated heterocycles.